The predicted molar refractivity (Wildman–Crippen MR) is 76.2 cm³/mol. The SMILES string of the molecule is Cc1ccc2c(c1)C(C)N(C(=O)OC(C)(C)C)CC2. The van der Waals surface area contributed by atoms with E-state index in [0.717, 1.165) is 13.0 Å². The first-order valence-electron chi connectivity index (χ1n) is 6.87. The molecule has 19 heavy (non-hydrogen) atoms. The zero-order chi connectivity index (χ0) is 14.2. The Labute approximate surface area is 115 Å². The number of hydrogen-bond donors (Lipinski definition) is 0. The summed E-state index contributed by atoms with van der Waals surface area (Å²) in [6.07, 6.45) is 0.686. The summed E-state index contributed by atoms with van der Waals surface area (Å²) in [6.45, 7) is 10.6. The first-order valence-corrected chi connectivity index (χ1v) is 6.87. The van der Waals surface area contributed by atoms with Crippen molar-refractivity contribution < 1.29 is 9.53 Å². The second-order valence-electron chi connectivity index (χ2n) is 6.30. The monoisotopic (exact) mass is 261 g/mol. The molecule has 0 spiro atoms. The Morgan fingerprint density at radius 2 is 2.05 bits per heavy atom. The van der Waals surface area contributed by atoms with E-state index in [1.54, 1.807) is 0 Å². The lowest BCUT2D eigenvalue weighted by atomic mass is 9.92. The summed E-state index contributed by atoms with van der Waals surface area (Å²) < 4.78 is 5.48. The van der Waals surface area contributed by atoms with Crippen molar-refractivity contribution in [2.45, 2.75) is 52.7 Å². The number of nitrogens with zero attached hydrogens (tertiary/aromatic N) is 1. The van der Waals surface area contributed by atoms with Crippen molar-refractivity contribution in [3.05, 3.63) is 34.9 Å². The lowest BCUT2D eigenvalue weighted by molar-refractivity contribution is 0.0159. The van der Waals surface area contributed by atoms with E-state index in [1.807, 2.05) is 25.7 Å². The maximum Gasteiger partial charge on any atom is 0.410 e. The summed E-state index contributed by atoms with van der Waals surface area (Å²) in [6, 6.07) is 6.57. The van der Waals surface area contributed by atoms with Gasteiger partial charge >= 0.3 is 6.09 Å². The minimum absolute atomic E-state index is 0.0819. The third-order valence-electron chi connectivity index (χ3n) is 3.47. The summed E-state index contributed by atoms with van der Waals surface area (Å²) in [5.74, 6) is 0. The molecule has 0 radical (unpaired) electrons. The third-order valence-corrected chi connectivity index (χ3v) is 3.47. The Kier molecular flexibility index (Phi) is 3.57. The molecule has 104 valence electrons. The number of ether oxygens (including phenoxy) is 1. The van der Waals surface area contributed by atoms with Crippen LogP contribution in [0.5, 0.6) is 0 Å². The standard InChI is InChI=1S/C16H23NO2/c1-11-6-7-13-8-9-17(12(2)14(13)10-11)15(18)19-16(3,4)5/h6-7,10,12H,8-9H2,1-5H3. The number of aryl methyl sites for hydroxylation is 1. The molecule has 1 amide bonds. The van der Waals surface area contributed by atoms with Crippen molar-refractivity contribution in [2.24, 2.45) is 0 Å². The molecule has 1 unspecified atom stereocenters. The highest BCUT2D eigenvalue weighted by Gasteiger charge is 2.30. The van der Waals surface area contributed by atoms with E-state index in [-0.39, 0.29) is 12.1 Å². The van der Waals surface area contributed by atoms with Gasteiger partial charge in [-0.25, -0.2) is 4.79 Å². The van der Waals surface area contributed by atoms with Gasteiger partial charge in [0.05, 0.1) is 6.04 Å². The number of amides is 1. The predicted octanol–water partition coefficient (Wildman–Crippen LogP) is 3.85. The van der Waals surface area contributed by atoms with Gasteiger partial charge < -0.3 is 9.64 Å². The fraction of sp³-hybridized carbons (Fsp3) is 0.562. The number of carbonyl (C=O) groups is 1. The average Bonchev–Trinajstić information content (AvgIpc) is 2.28. The molecule has 1 aromatic carbocycles. The summed E-state index contributed by atoms with van der Waals surface area (Å²) in [4.78, 5) is 14.0. The molecule has 0 saturated carbocycles. The summed E-state index contributed by atoms with van der Waals surface area (Å²) in [5, 5.41) is 0. The minimum Gasteiger partial charge on any atom is -0.444 e. The average molecular weight is 261 g/mol. The Balaban J connectivity index is 2.21. The van der Waals surface area contributed by atoms with Gasteiger partial charge in [0.1, 0.15) is 5.60 Å². The fourth-order valence-corrected chi connectivity index (χ4v) is 2.50. The molecule has 0 aromatic heterocycles. The highest BCUT2D eigenvalue weighted by molar-refractivity contribution is 5.69. The Morgan fingerprint density at radius 3 is 2.68 bits per heavy atom. The topological polar surface area (TPSA) is 29.5 Å². The number of carbonyl (C=O) groups excluding carboxylic acids is 1. The van der Waals surface area contributed by atoms with Crippen LogP contribution in [-0.2, 0) is 11.2 Å². The number of benzene rings is 1. The molecule has 2 rings (SSSR count). The van der Waals surface area contributed by atoms with Crippen LogP contribution in [0.4, 0.5) is 4.79 Å². The number of rotatable bonds is 0. The molecular weight excluding hydrogens is 238 g/mol. The lowest BCUT2D eigenvalue weighted by Gasteiger charge is -2.36. The molecule has 3 nitrogen and oxygen atoms in total. The van der Waals surface area contributed by atoms with Crippen LogP contribution >= 0.6 is 0 Å². The summed E-state index contributed by atoms with van der Waals surface area (Å²) in [7, 11) is 0. The third kappa shape index (κ3) is 3.09. The minimum atomic E-state index is -0.441. The molecule has 0 N–H and O–H groups in total. The maximum absolute atomic E-state index is 12.2. The lowest BCUT2D eigenvalue weighted by Crippen LogP contribution is -2.42. The van der Waals surface area contributed by atoms with Crippen LogP contribution < -0.4 is 0 Å². The van der Waals surface area contributed by atoms with Crippen molar-refractivity contribution in [1.29, 1.82) is 0 Å². The smallest absolute Gasteiger partial charge is 0.410 e. The van der Waals surface area contributed by atoms with Gasteiger partial charge in [-0.2, -0.15) is 0 Å². The largest absolute Gasteiger partial charge is 0.444 e. The summed E-state index contributed by atoms with van der Waals surface area (Å²) in [5.41, 5.74) is 3.38. The van der Waals surface area contributed by atoms with Gasteiger partial charge in [-0.3, -0.25) is 0 Å². The van der Waals surface area contributed by atoms with Crippen molar-refractivity contribution >= 4 is 6.09 Å². The van der Waals surface area contributed by atoms with E-state index >= 15 is 0 Å². The van der Waals surface area contributed by atoms with Crippen LogP contribution in [0, 0.1) is 6.92 Å². The van der Waals surface area contributed by atoms with E-state index in [4.69, 9.17) is 4.74 Å². The molecule has 1 atom stereocenters. The highest BCUT2D eigenvalue weighted by atomic mass is 16.6. The second-order valence-corrected chi connectivity index (χ2v) is 6.30. The molecule has 0 fully saturated rings. The first-order chi connectivity index (χ1) is 8.78. The Hall–Kier alpha value is -1.51. The zero-order valence-electron chi connectivity index (χ0n) is 12.5. The quantitative estimate of drug-likeness (QED) is 0.710. The molecule has 1 heterocycles. The van der Waals surface area contributed by atoms with Gasteiger partial charge in [-0.15, -0.1) is 0 Å². The van der Waals surface area contributed by atoms with E-state index in [2.05, 4.69) is 32.0 Å². The van der Waals surface area contributed by atoms with Crippen molar-refractivity contribution in [3.8, 4) is 0 Å². The maximum atomic E-state index is 12.2. The van der Waals surface area contributed by atoms with E-state index < -0.39 is 5.60 Å². The van der Waals surface area contributed by atoms with E-state index in [9.17, 15) is 4.79 Å². The van der Waals surface area contributed by atoms with Gasteiger partial charge in [0, 0.05) is 6.54 Å². The normalized spacial score (nSPS) is 19.0. The Morgan fingerprint density at radius 1 is 1.37 bits per heavy atom. The van der Waals surface area contributed by atoms with Crippen LogP contribution in [0.25, 0.3) is 0 Å². The van der Waals surface area contributed by atoms with Crippen molar-refractivity contribution in [1.82, 2.24) is 4.90 Å². The Bertz CT molecular complexity index is 488. The molecule has 1 aliphatic rings. The summed E-state index contributed by atoms with van der Waals surface area (Å²) >= 11 is 0. The molecule has 0 bridgehead atoms. The van der Waals surface area contributed by atoms with E-state index in [1.165, 1.54) is 16.7 Å². The molecule has 0 aliphatic carbocycles. The fourth-order valence-electron chi connectivity index (χ4n) is 2.50. The highest BCUT2D eigenvalue weighted by Crippen LogP contribution is 2.31. The van der Waals surface area contributed by atoms with Crippen LogP contribution in [0.1, 0.15) is 50.4 Å². The molecular formula is C16H23NO2. The second kappa shape index (κ2) is 4.87. The van der Waals surface area contributed by atoms with Gasteiger partial charge in [0.15, 0.2) is 0 Å². The van der Waals surface area contributed by atoms with Crippen molar-refractivity contribution in [2.75, 3.05) is 6.54 Å². The van der Waals surface area contributed by atoms with Gasteiger partial charge in [0.2, 0.25) is 0 Å². The van der Waals surface area contributed by atoms with Crippen LogP contribution in [0.2, 0.25) is 0 Å². The molecule has 1 aromatic rings. The van der Waals surface area contributed by atoms with Crippen LogP contribution in [-0.4, -0.2) is 23.1 Å². The van der Waals surface area contributed by atoms with Crippen molar-refractivity contribution in [3.63, 3.8) is 0 Å². The number of fused-ring (bicyclic) bond motifs is 1. The van der Waals surface area contributed by atoms with E-state index in [0.29, 0.717) is 0 Å². The van der Waals surface area contributed by atoms with Gasteiger partial charge in [-0.1, -0.05) is 23.8 Å². The molecule has 1 aliphatic heterocycles. The van der Waals surface area contributed by atoms with Gasteiger partial charge in [-0.05, 0) is 52.2 Å². The zero-order valence-corrected chi connectivity index (χ0v) is 12.5. The molecule has 3 heteroatoms. The number of hydrogen-bond acceptors (Lipinski definition) is 2. The molecule has 0 saturated heterocycles. The van der Waals surface area contributed by atoms with Crippen LogP contribution in [0.3, 0.4) is 0 Å². The van der Waals surface area contributed by atoms with Gasteiger partial charge in [0.25, 0.3) is 0 Å². The van der Waals surface area contributed by atoms with Crippen LogP contribution in [0.15, 0.2) is 18.2 Å². The first kappa shape index (κ1) is 13.9.